The van der Waals surface area contributed by atoms with Gasteiger partial charge in [-0.1, -0.05) is 49.1 Å². The lowest BCUT2D eigenvalue weighted by molar-refractivity contribution is 0.0984. The van der Waals surface area contributed by atoms with Gasteiger partial charge in [0.2, 0.25) is 0 Å². The number of carbonyl (C=O) groups excluding carboxylic acids is 1. The SMILES string of the molecule is C[Si](C)(C)c1ccccc1Cc1c(C(N)=O)c(C(F)F)nn1C1CC1. The van der Waals surface area contributed by atoms with E-state index >= 15 is 0 Å². The number of amides is 1. The zero-order chi connectivity index (χ0) is 18.4. The van der Waals surface area contributed by atoms with Crippen molar-refractivity contribution in [1.29, 1.82) is 0 Å². The molecule has 0 aliphatic heterocycles. The van der Waals surface area contributed by atoms with Gasteiger partial charge >= 0.3 is 0 Å². The van der Waals surface area contributed by atoms with E-state index in [0.29, 0.717) is 12.1 Å². The van der Waals surface area contributed by atoms with Gasteiger partial charge in [-0.05, 0) is 18.4 Å². The number of hydrogen-bond acceptors (Lipinski definition) is 2. The molecule has 7 heteroatoms. The van der Waals surface area contributed by atoms with Crippen molar-refractivity contribution < 1.29 is 13.6 Å². The predicted octanol–water partition coefficient (Wildman–Crippen LogP) is 3.39. The van der Waals surface area contributed by atoms with Crippen LogP contribution >= 0.6 is 0 Å². The van der Waals surface area contributed by atoms with Crippen LogP contribution in [0, 0.1) is 0 Å². The maximum atomic E-state index is 13.4. The lowest BCUT2D eigenvalue weighted by Gasteiger charge is -2.21. The molecule has 4 nitrogen and oxygen atoms in total. The molecule has 0 atom stereocenters. The normalized spacial score (nSPS) is 15.0. The maximum absolute atomic E-state index is 13.4. The lowest BCUT2D eigenvalue weighted by Crippen LogP contribution is -2.40. The zero-order valence-electron chi connectivity index (χ0n) is 14.7. The Labute approximate surface area is 147 Å². The minimum absolute atomic E-state index is 0.0969. The average molecular weight is 363 g/mol. The molecule has 0 spiro atoms. The third kappa shape index (κ3) is 3.51. The van der Waals surface area contributed by atoms with Gasteiger partial charge < -0.3 is 5.73 Å². The number of benzene rings is 1. The molecule has 1 fully saturated rings. The highest BCUT2D eigenvalue weighted by atomic mass is 28.3. The van der Waals surface area contributed by atoms with Crippen LogP contribution in [-0.2, 0) is 6.42 Å². The van der Waals surface area contributed by atoms with E-state index in [1.165, 1.54) is 5.19 Å². The summed E-state index contributed by atoms with van der Waals surface area (Å²) in [5.41, 5.74) is 6.44. The van der Waals surface area contributed by atoms with Crippen molar-refractivity contribution in [3.63, 3.8) is 0 Å². The summed E-state index contributed by atoms with van der Waals surface area (Å²) in [5.74, 6) is -0.831. The van der Waals surface area contributed by atoms with Gasteiger partial charge in [-0.15, -0.1) is 0 Å². The van der Waals surface area contributed by atoms with Gasteiger partial charge in [0.05, 0.1) is 25.4 Å². The molecule has 1 aromatic heterocycles. The van der Waals surface area contributed by atoms with Gasteiger partial charge in [0, 0.05) is 6.42 Å². The van der Waals surface area contributed by atoms with Gasteiger partial charge in [-0.25, -0.2) is 8.78 Å². The molecule has 0 unspecified atom stereocenters. The Morgan fingerprint density at radius 3 is 2.48 bits per heavy atom. The first-order valence-electron chi connectivity index (χ1n) is 8.47. The fraction of sp³-hybridized carbons (Fsp3) is 0.444. The van der Waals surface area contributed by atoms with Gasteiger partial charge in [-0.3, -0.25) is 9.48 Å². The summed E-state index contributed by atoms with van der Waals surface area (Å²) < 4.78 is 28.4. The third-order valence-corrected chi connectivity index (χ3v) is 6.67. The Morgan fingerprint density at radius 2 is 1.96 bits per heavy atom. The van der Waals surface area contributed by atoms with Gasteiger partial charge in [0.15, 0.2) is 0 Å². The third-order valence-electron chi connectivity index (χ3n) is 4.57. The second-order valence-electron chi connectivity index (χ2n) is 7.63. The second-order valence-corrected chi connectivity index (χ2v) is 12.7. The molecule has 2 aromatic rings. The molecule has 0 radical (unpaired) electrons. The number of hydrogen-bond donors (Lipinski definition) is 1. The van der Waals surface area contributed by atoms with Crippen LogP contribution in [0.4, 0.5) is 8.78 Å². The number of carbonyl (C=O) groups is 1. The largest absolute Gasteiger partial charge is 0.365 e. The molecular formula is C18H23F2N3OSi. The molecule has 1 saturated carbocycles. The van der Waals surface area contributed by atoms with Crippen LogP contribution in [0.5, 0.6) is 0 Å². The lowest BCUT2D eigenvalue weighted by atomic mass is 10.0. The molecule has 1 aliphatic rings. The van der Waals surface area contributed by atoms with Crippen LogP contribution in [0.15, 0.2) is 24.3 Å². The summed E-state index contributed by atoms with van der Waals surface area (Å²) in [4.78, 5) is 11.9. The highest BCUT2D eigenvalue weighted by Gasteiger charge is 2.34. The van der Waals surface area contributed by atoms with Crippen molar-refractivity contribution in [2.24, 2.45) is 5.73 Å². The van der Waals surface area contributed by atoms with E-state index in [1.54, 1.807) is 4.68 Å². The van der Waals surface area contributed by atoms with Crippen molar-refractivity contribution in [1.82, 2.24) is 9.78 Å². The van der Waals surface area contributed by atoms with Crippen molar-refractivity contribution in [3.05, 3.63) is 46.8 Å². The summed E-state index contributed by atoms with van der Waals surface area (Å²) in [7, 11) is -1.61. The number of nitrogens with zero attached hydrogens (tertiary/aromatic N) is 2. The standard InChI is InChI=1S/C18H23F2N3OSi/c1-25(2,3)14-7-5-4-6-11(14)10-13-15(18(21)24)16(17(19)20)22-23(13)12-8-9-12/h4-7,12,17H,8-10H2,1-3H3,(H2,21,24). The smallest absolute Gasteiger partial charge is 0.282 e. The Hall–Kier alpha value is -2.02. The number of halogens is 2. The minimum atomic E-state index is -2.81. The second kappa shape index (κ2) is 6.37. The van der Waals surface area contributed by atoms with E-state index in [0.717, 1.165) is 18.4 Å². The minimum Gasteiger partial charge on any atom is -0.365 e. The molecule has 3 rings (SSSR count). The quantitative estimate of drug-likeness (QED) is 0.800. The number of aromatic nitrogens is 2. The van der Waals surface area contributed by atoms with E-state index in [-0.39, 0.29) is 11.6 Å². The maximum Gasteiger partial charge on any atom is 0.282 e. The fourth-order valence-electron chi connectivity index (χ4n) is 3.29. The molecule has 1 heterocycles. The predicted molar refractivity (Wildman–Crippen MR) is 96.2 cm³/mol. The molecule has 0 bridgehead atoms. The van der Waals surface area contributed by atoms with Crippen LogP contribution in [-0.4, -0.2) is 23.8 Å². The Kier molecular flexibility index (Phi) is 4.53. The van der Waals surface area contributed by atoms with Gasteiger partial charge in [0.1, 0.15) is 5.69 Å². The molecular weight excluding hydrogens is 340 g/mol. The Morgan fingerprint density at radius 1 is 1.32 bits per heavy atom. The summed E-state index contributed by atoms with van der Waals surface area (Å²) in [6.07, 6.45) is -0.626. The number of rotatable bonds is 6. The first-order valence-corrected chi connectivity index (χ1v) is 12.0. The molecule has 25 heavy (non-hydrogen) atoms. The Balaban J connectivity index is 2.13. The zero-order valence-corrected chi connectivity index (χ0v) is 15.7. The Bertz CT molecular complexity index is 807. The summed E-state index contributed by atoms with van der Waals surface area (Å²) in [6, 6.07) is 8.13. The monoisotopic (exact) mass is 363 g/mol. The topological polar surface area (TPSA) is 60.9 Å². The molecule has 2 N–H and O–H groups in total. The highest BCUT2D eigenvalue weighted by molar-refractivity contribution is 6.89. The summed E-state index contributed by atoms with van der Waals surface area (Å²) in [5, 5.41) is 5.32. The number of nitrogens with two attached hydrogens (primary N) is 1. The van der Waals surface area contributed by atoms with Gasteiger partial charge in [-0.2, -0.15) is 5.10 Å². The van der Waals surface area contributed by atoms with Crippen molar-refractivity contribution >= 4 is 19.2 Å². The first-order chi connectivity index (χ1) is 11.7. The van der Waals surface area contributed by atoms with Crippen LogP contribution in [0.3, 0.4) is 0 Å². The van der Waals surface area contributed by atoms with Crippen molar-refractivity contribution in [2.45, 2.75) is 51.4 Å². The van der Waals surface area contributed by atoms with Crippen LogP contribution in [0.2, 0.25) is 19.6 Å². The van der Waals surface area contributed by atoms with E-state index in [1.807, 2.05) is 18.2 Å². The first kappa shape index (κ1) is 17.8. The van der Waals surface area contributed by atoms with E-state index < -0.39 is 26.1 Å². The molecule has 1 amide bonds. The molecule has 1 aliphatic carbocycles. The van der Waals surface area contributed by atoms with E-state index in [4.69, 9.17) is 5.73 Å². The van der Waals surface area contributed by atoms with E-state index in [2.05, 4.69) is 30.8 Å². The highest BCUT2D eigenvalue weighted by Crippen LogP contribution is 2.38. The number of primary amides is 1. The number of alkyl halides is 2. The summed E-state index contributed by atoms with van der Waals surface area (Å²) >= 11 is 0. The van der Waals surface area contributed by atoms with Crippen LogP contribution in [0.1, 0.15) is 52.6 Å². The van der Waals surface area contributed by atoms with Crippen molar-refractivity contribution in [3.8, 4) is 0 Å². The van der Waals surface area contributed by atoms with Crippen LogP contribution in [0.25, 0.3) is 0 Å². The molecule has 0 saturated heterocycles. The van der Waals surface area contributed by atoms with Crippen molar-refractivity contribution in [2.75, 3.05) is 0 Å². The summed E-state index contributed by atoms with van der Waals surface area (Å²) in [6.45, 7) is 6.72. The van der Waals surface area contributed by atoms with Gasteiger partial charge in [0.25, 0.3) is 12.3 Å². The molecule has 1 aromatic carbocycles. The fourth-order valence-corrected chi connectivity index (χ4v) is 5.02. The molecule has 134 valence electrons. The average Bonchev–Trinajstić information content (AvgIpc) is 3.28. The van der Waals surface area contributed by atoms with Crippen LogP contribution < -0.4 is 10.9 Å². The van der Waals surface area contributed by atoms with E-state index in [9.17, 15) is 13.6 Å².